The molecule has 1 heterocycles. The fourth-order valence-corrected chi connectivity index (χ4v) is 5.11. The highest BCUT2D eigenvalue weighted by Crippen LogP contribution is 2.53. The lowest BCUT2D eigenvalue weighted by Crippen LogP contribution is -2.54. The summed E-state index contributed by atoms with van der Waals surface area (Å²) in [6.45, 7) is 0. The highest BCUT2D eigenvalue weighted by molar-refractivity contribution is 5.96. The van der Waals surface area contributed by atoms with Crippen LogP contribution in [-0.2, 0) is 6.42 Å². The summed E-state index contributed by atoms with van der Waals surface area (Å²) < 4.78 is 27.0. The zero-order chi connectivity index (χ0) is 20.0. The molecule has 3 aliphatic rings. The number of hydrogen-bond acceptors (Lipinski definition) is 3. The van der Waals surface area contributed by atoms with E-state index in [1.807, 2.05) is 12.2 Å². The molecule has 3 aliphatic carbocycles. The van der Waals surface area contributed by atoms with E-state index in [1.54, 1.807) is 6.07 Å². The number of rotatable bonds is 4. The van der Waals surface area contributed by atoms with Crippen molar-refractivity contribution in [1.29, 1.82) is 0 Å². The van der Waals surface area contributed by atoms with E-state index in [1.165, 1.54) is 44.2 Å². The van der Waals surface area contributed by atoms with Crippen molar-refractivity contribution >= 4 is 23.5 Å². The van der Waals surface area contributed by atoms with Crippen LogP contribution in [0.3, 0.4) is 0 Å². The standard InChI is InChI=1S/C23H23F2N3O/c24-15-11-16(25)13-17(12-15)26-20-10-14-4-3-5-18(14)21(28-20)22(29)27-19-6-9-23(19)7-1-2-8-23/h3-4,10-13,19H,1-2,5-9H2,(H,26,28)(H,27,29). The molecule has 2 aromatic rings. The van der Waals surface area contributed by atoms with Gasteiger partial charge in [-0.15, -0.1) is 0 Å². The molecule has 2 saturated carbocycles. The molecule has 6 heteroatoms. The first-order chi connectivity index (χ1) is 14.0. The van der Waals surface area contributed by atoms with Crippen LogP contribution in [-0.4, -0.2) is 16.9 Å². The Balaban J connectivity index is 1.41. The summed E-state index contributed by atoms with van der Waals surface area (Å²) in [5, 5.41) is 6.16. The number of anilines is 2. The van der Waals surface area contributed by atoms with Crippen molar-refractivity contribution in [3.63, 3.8) is 0 Å². The second-order valence-electron chi connectivity index (χ2n) is 8.45. The summed E-state index contributed by atoms with van der Waals surface area (Å²) in [6.07, 6.45) is 11.7. The van der Waals surface area contributed by atoms with Crippen molar-refractivity contribution in [3.8, 4) is 0 Å². The summed E-state index contributed by atoms with van der Waals surface area (Å²) >= 11 is 0. The van der Waals surface area contributed by atoms with Crippen molar-refractivity contribution in [1.82, 2.24) is 10.3 Å². The van der Waals surface area contributed by atoms with Crippen LogP contribution in [0.2, 0.25) is 0 Å². The van der Waals surface area contributed by atoms with Crippen LogP contribution in [0.4, 0.5) is 20.3 Å². The van der Waals surface area contributed by atoms with Crippen LogP contribution in [0, 0.1) is 17.0 Å². The number of fused-ring (bicyclic) bond motifs is 1. The molecule has 0 bridgehead atoms. The van der Waals surface area contributed by atoms with Crippen LogP contribution in [0.5, 0.6) is 0 Å². The predicted octanol–water partition coefficient (Wildman–Crippen LogP) is 5.13. The monoisotopic (exact) mass is 395 g/mol. The van der Waals surface area contributed by atoms with Crippen LogP contribution >= 0.6 is 0 Å². The van der Waals surface area contributed by atoms with Gasteiger partial charge in [0.15, 0.2) is 0 Å². The average molecular weight is 395 g/mol. The Morgan fingerprint density at radius 3 is 2.52 bits per heavy atom. The quantitative estimate of drug-likeness (QED) is 0.755. The van der Waals surface area contributed by atoms with Gasteiger partial charge in [-0.25, -0.2) is 13.8 Å². The molecule has 5 rings (SSSR count). The summed E-state index contributed by atoms with van der Waals surface area (Å²) in [4.78, 5) is 17.6. The molecule has 0 radical (unpaired) electrons. The van der Waals surface area contributed by atoms with Crippen LogP contribution in [0.15, 0.2) is 30.3 Å². The molecule has 1 spiro atoms. The lowest BCUT2D eigenvalue weighted by molar-refractivity contribution is 0.0579. The molecule has 2 fully saturated rings. The van der Waals surface area contributed by atoms with Gasteiger partial charge < -0.3 is 10.6 Å². The molecule has 150 valence electrons. The zero-order valence-corrected chi connectivity index (χ0v) is 16.1. The maximum absolute atomic E-state index is 13.5. The van der Waals surface area contributed by atoms with Gasteiger partial charge in [-0.3, -0.25) is 4.79 Å². The third kappa shape index (κ3) is 3.30. The molecule has 1 atom stereocenters. The Morgan fingerprint density at radius 2 is 1.83 bits per heavy atom. The van der Waals surface area contributed by atoms with Gasteiger partial charge in [-0.1, -0.05) is 25.0 Å². The maximum Gasteiger partial charge on any atom is 0.270 e. The largest absolute Gasteiger partial charge is 0.347 e. The third-order valence-electron chi connectivity index (χ3n) is 6.70. The summed E-state index contributed by atoms with van der Waals surface area (Å²) in [5.41, 5.74) is 2.75. The summed E-state index contributed by atoms with van der Waals surface area (Å²) in [6, 6.07) is 5.25. The molecule has 0 aliphatic heterocycles. The third-order valence-corrected chi connectivity index (χ3v) is 6.70. The molecular weight excluding hydrogens is 372 g/mol. The first kappa shape index (κ1) is 18.3. The minimum absolute atomic E-state index is 0.157. The number of carbonyl (C=O) groups excluding carboxylic acids is 1. The highest BCUT2D eigenvalue weighted by Gasteiger charge is 2.48. The van der Waals surface area contributed by atoms with Gasteiger partial charge in [0.1, 0.15) is 23.1 Å². The first-order valence-corrected chi connectivity index (χ1v) is 10.3. The molecule has 2 N–H and O–H groups in total. The van der Waals surface area contributed by atoms with E-state index in [-0.39, 0.29) is 23.1 Å². The minimum atomic E-state index is -0.668. The van der Waals surface area contributed by atoms with Crippen molar-refractivity contribution in [2.75, 3.05) is 5.32 Å². The smallest absolute Gasteiger partial charge is 0.270 e. The topological polar surface area (TPSA) is 54.0 Å². The lowest BCUT2D eigenvalue weighted by atomic mass is 9.63. The van der Waals surface area contributed by atoms with Gasteiger partial charge in [-0.2, -0.15) is 0 Å². The number of nitrogens with one attached hydrogen (secondary N) is 2. The van der Waals surface area contributed by atoms with Gasteiger partial charge in [0.2, 0.25) is 0 Å². The Hall–Kier alpha value is -2.76. The van der Waals surface area contributed by atoms with Crippen molar-refractivity contribution in [3.05, 3.63) is 58.8 Å². The molecule has 4 nitrogen and oxygen atoms in total. The van der Waals surface area contributed by atoms with E-state index in [0.717, 1.165) is 23.6 Å². The number of nitrogens with zero attached hydrogens (tertiary/aromatic N) is 1. The van der Waals surface area contributed by atoms with Crippen molar-refractivity contribution in [2.24, 2.45) is 5.41 Å². The fraction of sp³-hybridized carbons (Fsp3) is 0.391. The average Bonchev–Trinajstić information content (AvgIpc) is 3.34. The number of benzene rings is 1. The predicted molar refractivity (Wildman–Crippen MR) is 108 cm³/mol. The van der Waals surface area contributed by atoms with Gasteiger partial charge in [0.05, 0.1) is 0 Å². The van der Waals surface area contributed by atoms with Crippen LogP contribution < -0.4 is 10.6 Å². The number of aromatic nitrogens is 1. The number of amides is 1. The molecule has 1 aromatic heterocycles. The van der Waals surface area contributed by atoms with E-state index in [4.69, 9.17) is 0 Å². The lowest BCUT2D eigenvalue weighted by Gasteiger charge is -2.47. The highest BCUT2D eigenvalue weighted by atomic mass is 19.1. The van der Waals surface area contributed by atoms with Crippen molar-refractivity contribution < 1.29 is 13.6 Å². The molecule has 29 heavy (non-hydrogen) atoms. The SMILES string of the molecule is O=C(NC1CCC12CCCC2)c1nc(Nc2cc(F)cc(F)c2)cc2c1CC=C2. The molecular formula is C23H23F2N3O. The van der Waals surface area contributed by atoms with E-state index in [2.05, 4.69) is 15.6 Å². The van der Waals surface area contributed by atoms with E-state index >= 15 is 0 Å². The number of allylic oxidation sites excluding steroid dienone is 1. The normalized spacial score (nSPS) is 21.1. The van der Waals surface area contributed by atoms with Crippen LogP contribution in [0.25, 0.3) is 6.08 Å². The van der Waals surface area contributed by atoms with Crippen molar-refractivity contribution in [2.45, 2.75) is 51.0 Å². The summed E-state index contributed by atoms with van der Waals surface area (Å²) in [7, 11) is 0. The minimum Gasteiger partial charge on any atom is -0.347 e. The second-order valence-corrected chi connectivity index (χ2v) is 8.45. The molecule has 1 unspecified atom stereocenters. The van der Waals surface area contributed by atoms with Gasteiger partial charge >= 0.3 is 0 Å². The Kier molecular flexibility index (Phi) is 4.37. The fourth-order valence-electron chi connectivity index (χ4n) is 5.11. The Labute approximate surface area is 168 Å². The molecule has 1 aromatic carbocycles. The molecule has 1 amide bonds. The number of pyridine rings is 1. The Bertz CT molecular complexity index is 991. The summed E-state index contributed by atoms with van der Waals surface area (Å²) in [5.74, 6) is -1.10. The Morgan fingerprint density at radius 1 is 1.07 bits per heavy atom. The van der Waals surface area contributed by atoms with E-state index in [9.17, 15) is 13.6 Å². The van der Waals surface area contributed by atoms with Gasteiger partial charge in [0.25, 0.3) is 5.91 Å². The number of hydrogen-bond donors (Lipinski definition) is 2. The van der Waals surface area contributed by atoms with Gasteiger partial charge in [0, 0.05) is 17.8 Å². The number of carbonyl (C=O) groups is 1. The second kappa shape index (κ2) is 6.94. The number of halogens is 2. The van der Waals surface area contributed by atoms with E-state index < -0.39 is 11.6 Å². The van der Waals surface area contributed by atoms with E-state index in [0.29, 0.717) is 17.9 Å². The van der Waals surface area contributed by atoms with Crippen LogP contribution in [0.1, 0.15) is 60.1 Å². The van der Waals surface area contributed by atoms with Gasteiger partial charge in [-0.05, 0) is 66.8 Å². The zero-order valence-electron chi connectivity index (χ0n) is 16.1. The molecule has 0 saturated heterocycles. The maximum atomic E-state index is 13.5. The first-order valence-electron chi connectivity index (χ1n) is 10.3.